The summed E-state index contributed by atoms with van der Waals surface area (Å²) >= 11 is 1.18. The van der Waals surface area contributed by atoms with Crippen LogP contribution in [0, 0.1) is 0 Å². The molecular formula is C15H18N4O5S2. The van der Waals surface area contributed by atoms with Crippen LogP contribution in [0.1, 0.15) is 16.9 Å². The second-order valence-electron chi connectivity index (χ2n) is 5.74. The van der Waals surface area contributed by atoms with Gasteiger partial charge in [0.25, 0.3) is 10.0 Å². The molecule has 3 heterocycles. The van der Waals surface area contributed by atoms with Crippen molar-refractivity contribution < 1.29 is 23.1 Å². The van der Waals surface area contributed by atoms with Crippen molar-refractivity contribution in [2.75, 3.05) is 26.2 Å². The SMILES string of the molecule is O=C(O)c1ccn(CCC(=O)N2CCN(S(=O)(=O)c3cccs3)CC2)n1. The quantitative estimate of drug-likeness (QED) is 0.761. The molecule has 0 spiro atoms. The summed E-state index contributed by atoms with van der Waals surface area (Å²) < 4.78 is 28.1. The predicted molar refractivity (Wildman–Crippen MR) is 93.5 cm³/mol. The van der Waals surface area contributed by atoms with Gasteiger partial charge in [0.15, 0.2) is 5.69 Å². The summed E-state index contributed by atoms with van der Waals surface area (Å²) in [5, 5.41) is 14.4. The fraction of sp³-hybridized carbons (Fsp3) is 0.400. The molecule has 1 N–H and O–H groups in total. The van der Waals surface area contributed by atoms with Crippen molar-refractivity contribution in [1.29, 1.82) is 0 Å². The third-order valence-corrected chi connectivity index (χ3v) is 7.37. The molecule has 0 unspecified atom stereocenters. The molecule has 9 nitrogen and oxygen atoms in total. The molecule has 3 rings (SSSR count). The number of sulfonamides is 1. The monoisotopic (exact) mass is 398 g/mol. The lowest BCUT2D eigenvalue weighted by Crippen LogP contribution is -2.50. The van der Waals surface area contributed by atoms with E-state index in [2.05, 4.69) is 5.10 Å². The highest BCUT2D eigenvalue weighted by Crippen LogP contribution is 2.22. The van der Waals surface area contributed by atoms with Gasteiger partial charge in [-0.15, -0.1) is 11.3 Å². The van der Waals surface area contributed by atoms with Crippen LogP contribution in [-0.4, -0.2) is 70.6 Å². The van der Waals surface area contributed by atoms with Crippen LogP contribution in [0.15, 0.2) is 34.0 Å². The van der Waals surface area contributed by atoms with Crippen molar-refractivity contribution in [3.05, 3.63) is 35.5 Å². The lowest BCUT2D eigenvalue weighted by Gasteiger charge is -2.33. The summed E-state index contributed by atoms with van der Waals surface area (Å²) in [5.74, 6) is -1.22. The molecule has 2 aromatic rings. The molecule has 1 aliphatic rings. The maximum atomic E-state index is 12.5. The summed E-state index contributed by atoms with van der Waals surface area (Å²) in [4.78, 5) is 24.7. The summed E-state index contributed by atoms with van der Waals surface area (Å²) in [6.07, 6.45) is 1.70. The molecule has 11 heteroatoms. The van der Waals surface area contributed by atoms with Gasteiger partial charge >= 0.3 is 5.97 Å². The number of hydrogen-bond acceptors (Lipinski definition) is 6. The number of aromatic carboxylic acids is 1. The fourth-order valence-electron chi connectivity index (χ4n) is 2.68. The molecule has 1 saturated heterocycles. The number of carboxylic acids is 1. The number of nitrogens with zero attached hydrogens (tertiary/aromatic N) is 4. The molecule has 0 saturated carbocycles. The van der Waals surface area contributed by atoms with Gasteiger partial charge in [-0.1, -0.05) is 6.07 Å². The zero-order valence-corrected chi connectivity index (χ0v) is 15.4. The van der Waals surface area contributed by atoms with Crippen LogP contribution in [0.5, 0.6) is 0 Å². The summed E-state index contributed by atoms with van der Waals surface area (Å²) in [7, 11) is -3.48. The number of carbonyl (C=O) groups excluding carboxylic acids is 1. The number of rotatable bonds is 6. The Kier molecular flexibility index (Phi) is 5.39. The average molecular weight is 398 g/mol. The van der Waals surface area contributed by atoms with Gasteiger partial charge in [-0.3, -0.25) is 9.48 Å². The Morgan fingerprint density at radius 1 is 1.19 bits per heavy atom. The second-order valence-corrected chi connectivity index (χ2v) is 8.85. The van der Waals surface area contributed by atoms with Gasteiger partial charge in [-0.05, 0) is 17.5 Å². The Morgan fingerprint density at radius 3 is 2.50 bits per heavy atom. The van der Waals surface area contributed by atoms with Crippen molar-refractivity contribution in [1.82, 2.24) is 19.0 Å². The largest absolute Gasteiger partial charge is 0.476 e. The summed E-state index contributed by atoms with van der Waals surface area (Å²) in [6.45, 7) is 1.47. The normalized spacial score (nSPS) is 15.9. The molecule has 1 fully saturated rings. The predicted octanol–water partition coefficient (Wildman–Crippen LogP) is 0.566. The lowest BCUT2D eigenvalue weighted by molar-refractivity contribution is -0.132. The van der Waals surface area contributed by atoms with E-state index in [0.29, 0.717) is 17.3 Å². The molecule has 26 heavy (non-hydrogen) atoms. The molecule has 140 valence electrons. The third-order valence-electron chi connectivity index (χ3n) is 4.10. The number of thiophene rings is 1. The van der Waals surface area contributed by atoms with Crippen LogP contribution in [0.25, 0.3) is 0 Å². The van der Waals surface area contributed by atoms with Gasteiger partial charge < -0.3 is 10.0 Å². The van der Waals surface area contributed by atoms with Gasteiger partial charge in [0.05, 0.1) is 0 Å². The van der Waals surface area contributed by atoms with Crippen LogP contribution in [0.3, 0.4) is 0 Å². The Labute approximate surface area is 154 Å². The highest BCUT2D eigenvalue weighted by atomic mass is 32.2. The first-order valence-electron chi connectivity index (χ1n) is 7.96. The van der Waals surface area contributed by atoms with Gasteiger partial charge in [0.2, 0.25) is 5.91 Å². The highest BCUT2D eigenvalue weighted by molar-refractivity contribution is 7.91. The zero-order chi connectivity index (χ0) is 18.7. The van der Waals surface area contributed by atoms with Crippen LogP contribution < -0.4 is 0 Å². The topological polar surface area (TPSA) is 113 Å². The summed E-state index contributed by atoms with van der Waals surface area (Å²) in [5.41, 5.74) is -0.0650. The minimum absolute atomic E-state index is 0.0650. The first kappa shape index (κ1) is 18.5. The smallest absolute Gasteiger partial charge is 0.356 e. The summed E-state index contributed by atoms with van der Waals surface area (Å²) in [6, 6.07) is 4.65. The van der Waals surface area contributed by atoms with E-state index in [1.807, 2.05) is 0 Å². The Hall–Kier alpha value is -2.24. The van der Waals surface area contributed by atoms with Crippen molar-refractivity contribution in [3.8, 4) is 0 Å². The van der Waals surface area contributed by atoms with Crippen LogP contribution >= 0.6 is 11.3 Å². The van der Waals surface area contributed by atoms with Crippen molar-refractivity contribution in [3.63, 3.8) is 0 Å². The van der Waals surface area contributed by atoms with E-state index < -0.39 is 16.0 Å². The molecular weight excluding hydrogens is 380 g/mol. The van der Waals surface area contributed by atoms with E-state index in [1.54, 1.807) is 22.4 Å². The van der Waals surface area contributed by atoms with Crippen molar-refractivity contribution >= 4 is 33.2 Å². The van der Waals surface area contributed by atoms with Gasteiger partial charge in [0, 0.05) is 45.3 Å². The minimum atomic E-state index is -3.48. The van der Waals surface area contributed by atoms with Gasteiger partial charge in [-0.2, -0.15) is 9.40 Å². The zero-order valence-electron chi connectivity index (χ0n) is 13.8. The van der Waals surface area contributed by atoms with E-state index in [4.69, 9.17) is 5.11 Å². The standard InChI is InChI=1S/C15H18N4O5S2/c20-13(4-6-18-5-3-12(16-18)15(21)22)17-7-9-19(10-8-17)26(23,24)14-2-1-11-25-14/h1-3,5,11H,4,6-10H2,(H,21,22). The Bertz CT molecular complexity index is 883. The lowest BCUT2D eigenvalue weighted by atomic mass is 10.3. The van der Waals surface area contributed by atoms with E-state index in [9.17, 15) is 18.0 Å². The number of amides is 1. The third kappa shape index (κ3) is 3.94. The van der Waals surface area contributed by atoms with E-state index >= 15 is 0 Å². The maximum absolute atomic E-state index is 12.5. The first-order chi connectivity index (χ1) is 12.4. The Morgan fingerprint density at radius 2 is 1.92 bits per heavy atom. The number of hydrogen-bond donors (Lipinski definition) is 1. The number of carboxylic acid groups (broad SMARTS) is 1. The molecule has 0 aliphatic carbocycles. The number of piperazine rings is 1. The van der Waals surface area contributed by atoms with Gasteiger partial charge in [-0.25, -0.2) is 13.2 Å². The molecule has 1 aliphatic heterocycles. The van der Waals surface area contributed by atoms with Crippen LogP contribution in [0.2, 0.25) is 0 Å². The van der Waals surface area contributed by atoms with Crippen molar-refractivity contribution in [2.24, 2.45) is 0 Å². The highest BCUT2D eigenvalue weighted by Gasteiger charge is 2.30. The number of carbonyl (C=O) groups is 2. The number of aromatic nitrogens is 2. The molecule has 1 amide bonds. The number of aryl methyl sites for hydroxylation is 1. The molecule has 0 bridgehead atoms. The van der Waals surface area contributed by atoms with Crippen LogP contribution in [0.4, 0.5) is 0 Å². The maximum Gasteiger partial charge on any atom is 0.356 e. The van der Waals surface area contributed by atoms with Crippen LogP contribution in [-0.2, 0) is 21.4 Å². The van der Waals surface area contributed by atoms with Crippen molar-refractivity contribution in [2.45, 2.75) is 17.2 Å². The van der Waals surface area contributed by atoms with E-state index in [-0.39, 0.29) is 37.7 Å². The minimum Gasteiger partial charge on any atom is -0.476 e. The molecule has 0 atom stereocenters. The van der Waals surface area contributed by atoms with E-state index in [0.717, 1.165) is 0 Å². The fourth-order valence-corrected chi connectivity index (χ4v) is 5.25. The molecule has 0 radical (unpaired) electrons. The first-order valence-corrected chi connectivity index (χ1v) is 10.3. The molecule has 2 aromatic heterocycles. The second kappa shape index (κ2) is 7.56. The van der Waals surface area contributed by atoms with E-state index in [1.165, 1.54) is 32.6 Å². The van der Waals surface area contributed by atoms with Gasteiger partial charge in [0.1, 0.15) is 4.21 Å². The Balaban J connectivity index is 1.51. The molecule has 0 aromatic carbocycles. The average Bonchev–Trinajstić information content (AvgIpc) is 3.31.